The van der Waals surface area contributed by atoms with Crippen molar-refractivity contribution in [3.63, 3.8) is 0 Å². The van der Waals surface area contributed by atoms with E-state index in [9.17, 15) is 0 Å². The number of rotatable bonds is 5. The maximum absolute atomic E-state index is 5.64. The molecule has 0 amide bonds. The van der Waals surface area contributed by atoms with Gasteiger partial charge in [0.25, 0.3) is 0 Å². The van der Waals surface area contributed by atoms with Gasteiger partial charge in [-0.25, -0.2) is 4.98 Å². The molecular weight excluding hydrogens is 254 g/mol. The Morgan fingerprint density at radius 3 is 2.88 bits per heavy atom. The van der Waals surface area contributed by atoms with E-state index in [1.54, 1.807) is 18.4 Å². The van der Waals surface area contributed by atoms with E-state index in [4.69, 9.17) is 9.47 Å². The summed E-state index contributed by atoms with van der Waals surface area (Å²) in [5, 5.41) is 2.95. The molecule has 0 fully saturated rings. The molecule has 0 saturated carbocycles. The average molecular weight is 267 g/mol. The van der Waals surface area contributed by atoms with Crippen LogP contribution in [-0.4, -0.2) is 12.1 Å². The van der Waals surface area contributed by atoms with Crippen molar-refractivity contribution in [3.8, 4) is 11.5 Å². The zero-order chi connectivity index (χ0) is 12.1. The van der Waals surface area contributed by atoms with E-state index in [2.05, 4.69) is 17.6 Å². The first kappa shape index (κ1) is 12.3. The first-order valence-corrected chi connectivity index (χ1v) is 6.64. The van der Waals surface area contributed by atoms with Crippen LogP contribution < -0.4 is 9.47 Å². The molecular formula is C12H13NO2S2. The van der Waals surface area contributed by atoms with Gasteiger partial charge in [-0.2, -0.15) is 12.6 Å². The van der Waals surface area contributed by atoms with E-state index in [-0.39, 0.29) is 0 Å². The number of thiol groups is 1. The minimum atomic E-state index is 0.478. The van der Waals surface area contributed by atoms with E-state index in [0.29, 0.717) is 12.4 Å². The molecule has 90 valence electrons. The lowest BCUT2D eigenvalue weighted by atomic mass is 10.3. The molecule has 0 bridgehead atoms. The quantitative estimate of drug-likeness (QED) is 0.844. The average Bonchev–Trinajstić information content (AvgIpc) is 2.84. The van der Waals surface area contributed by atoms with Crippen LogP contribution in [0.2, 0.25) is 0 Å². The Bertz CT molecular complexity index is 485. The van der Waals surface area contributed by atoms with E-state index in [0.717, 1.165) is 22.2 Å². The lowest BCUT2D eigenvalue weighted by Gasteiger charge is -2.05. The Morgan fingerprint density at radius 1 is 1.35 bits per heavy atom. The lowest BCUT2D eigenvalue weighted by Crippen LogP contribution is -1.95. The van der Waals surface area contributed by atoms with Crippen LogP contribution in [0.25, 0.3) is 0 Å². The Hall–Kier alpha value is -1.20. The van der Waals surface area contributed by atoms with Crippen LogP contribution >= 0.6 is 24.0 Å². The third-order valence-electron chi connectivity index (χ3n) is 2.16. The normalized spacial score (nSPS) is 10.2. The summed E-state index contributed by atoms with van der Waals surface area (Å²) < 4.78 is 10.8. The molecule has 3 nitrogen and oxygen atoms in total. The molecule has 0 aliphatic rings. The highest BCUT2D eigenvalue weighted by Crippen LogP contribution is 2.20. The van der Waals surface area contributed by atoms with Gasteiger partial charge < -0.3 is 9.47 Å². The molecule has 0 atom stereocenters. The number of thiazole rings is 1. The van der Waals surface area contributed by atoms with Crippen molar-refractivity contribution in [2.75, 3.05) is 7.11 Å². The fourth-order valence-corrected chi connectivity index (χ4v) is 2.31. The number of hydrogen-bond acceptors (Lipinski definition) is 5. The first-order chi connectivity index (χ1) is 8.31. The molecule has 1 aromatic heterocycles. The van der Waals surface area contributed by atoms with E-state index < -0.39 is 0 Å². The molecule has 1 aromatic carbocycles. The maximum Gasteiger partial charge on any atom is 0.140 e. The summed E-state index contributed by atoms with van der Waals surface area (Å²) in [6.07, 6.45) is 0. The number of methoxy groups -OCH3 is 1. The van der Waals surface area contributed by atoms with E-state index >= 15 is 0 Å². The van der Waals surface area contributed by atoms with E-state index in [1.807, 2.05) is 29.6 Å². The van der Waals surface area contributed by atoms with E-state index in [1.165, 1.54) is 0 Å². The molecule has 0 aliphatic heterocycles. The Morgan fingerprint density at radius 2 is 2.18 bits per heavy atom. The summed E-state index contributed by atoms with van der Waals surface area (Å²) in [5.41, 5.74) is 0.988. The smallest absolute Gasteiger partial charge is 0.140 e. The van der Waals surface area contributed by atoms with Gasteiger partial charge in [0.1, 0.15) is 23.1 Å². The van der Waals surface area contributed by atoms with Crippen LogP contribution in [0.1, 0.15) is 10.7 Å². The van der Waals surface area contributed by atoms with Crippen LogP contribution in [0.15, 0.2) is 29.6 Å². The molecule has 0 radical (unpaired) electrons. The van der Waals surface area contributed by atoms with Crippen molar-refractivity contribution in [3.05, 3.63) is 40.3 Å². The summed E-state index contributed by atoms with van der Waals surface area (Å²) in [4.78, 5) is 4.37. The van der Waals surface area contributed by atoms with Gasteiger partial charge in [0.2, 0.25) is 0 Å². The summed E-state index contributed by atoms with van der Waals surface area (Å²) >= 11 is 5.76. The van der Waals surface area contributed by atoms with Crippen LogP contribution in [0, 0.1) is 0 Å². The molecule has 0 spiro atoms. The fourth-order valence-electron chi connectivity index (χ4n) is 1.32. The molecule has 0 unspecified atom stereocenters. The van der Waals surface area contributed by atoms with Crippen LogP contribution in [0.5, 0.6) is 11.5 Å². The Balaban J connectivity index is 1.96. The molecule has 1 heterocycles. The second-order valence-corrected chi connectivity index (χ2v) is 4.62. The summed E-state index contributed by atoms with van der Waals surface area (Å²) in [7, 11) is 1.64. The van der Waals surface area contributed by atoms with Crippen molar-refractivity contribution in [1.29, 1.82) is 0 Å². The summed E-state index contributed by atoms with van der Waals surface area (Å²) in [6, 6.07) is 7.53. The number of aromatic nitrogens is 1. The molecule has 0 aliphatic carbocycles. The third-order valence-corrected chi connectivity index (χ3v) is 3.36. The minimum Gasteiger partial charge on any atom is -0.497 e. The van der Waals surface area contributed by atoms with Crippen molar-refractivity contribution in [2.45, 2.75) is 12.4 Å². The zero-order valence-corrected chi connectivity index (χ0v) is 11.1. The Labute approximate surface area is 110 Å². The standard InChI is InChI=1S/C12H13NO2S2/c1-14-10-3-2-4-11(5-10)15-6-12-13-9(7-16)8-17-12/h2-5,8,16H,6-7H2,1H3. The van der Waals surface area contributed by atoms with Gasteiger partial charge in [0.05, 0.1) is 12.8 Å². The number of ether oxygens (including phenoxy) is 2. The van der Waals surface area contributed by atoms with Gasteiger partial charge in [-0.1, -0.05) is 6.07 Å². The highest BCUT2D eigenvalue weighted by Gasteiger charge is 2.02. The largest absolute Gasteiger partial charge is 0.497 e. The molecule has 5 heteroatoms. The number of hydrogen-bond donors (Lipinski definition) is 1. The second kappa shape index (κ2) is 5.93. The number of benzene rings is 1. The summed E-state index contributed by atoms with van der Waals surface area (Å²) in [6.45, 7) is 0.478. The second-order valence-electron chi connectivity index (χ2n) is 3.36. The molecule has 17 heavy (non-hydrogen) atoms. The lowest BCUT2D eigenvalue weighted by molar-refractivity contribution is 0.303. The molecule has 0 saturated heterocycles. The SMILES string of the molecule is COc1cccc(OCc2nc(CS)cs2)c1. The topological polar surface area (TPSA) is 31.4 Å². The zero-order valence-electron chi connectivity index (χ0n) is 9.42. The number of nitrogens with zero attached hydrogens (tertiary/aromatic N) is 1. The predicted octanol–water partition coefficient (Wildman–Crippen LogP) is 3.16. The van der Waals surface area contributed by atoms with Gasteiger partial charge in [-0.3, -0.25) is 0 Å². The minimum absolute atomic E-state index is 0.478. The van der Waals surface area contributed by atoms with Crippen molar-refractivity contribution in [2.24, 2.45) is 0 Å². The molecule has 0 N–H and O–H groups in total. The van der Waals surface area contributed by atoms with Gasteiger partial charge in [0, 0.05) is 17.2 Å². The fraction of sp³-hybridized carbons (Fsp3) is 0.250. The predicted molar refractivity (Wildman–Crippen MR) is 72.1 cm³/mol. The van der Waals surface area contributed by atoms with Crippen LogP contribution in [-0.2, 0) is 12.4 Å². The van der Waals surface area contributed by atoms with Crippen molar-refractivity contribution in [1.82, 2.24) is 4.98 Å². The highest BCUT2D eigenvalue weighted by atomic mass is 32.1. The van der Waals surface area contributed by atoms with Gasteiger partial charge in [-0.05, 0) is 12.1 Å². The molecule has 2 aromatic rings. The third kappa shape index (κ3) is 3.38. The Kier molecular flexibility index (Phi) is 4.28. The highest BCUT2D eigenvalue weighted by molar-refractivity contribution is 7.79. The van der Waals surface area contributed by atoms with Crippen molar-refractivity contribution >= 4 is 24.0 Å². The van der Waals surface area contributed by atoms with Gasteiger partial charge in [0.15, 0.2) is 0 Å². The maximum atomic E-state index is 5.64. The van der Waals surface area contributed by atoms with Crippen molar-refractivity contribution < 1.29 is 9.47 Å². The van der Waals surface area contributed by atoms with Gasteiger partial charge in [-0.15, -0.1) is 11.3 Å². The first-order valence-electron chi connectivity index (χ1n) is 5.13. The molecule has 2 rings (SSSR count). The van der Waals surface area contributed by atoms with Crippen LogP contribution in [0.4, 0.5) is 0 Å². The van der Waals surface area contributed by atoms with Crippen LogP contribution in [0.3, 0.4) is 0 Å². The monoisotopic (exact) mass is 267 g/mol. The summed E-state index contributed by atoms with van der Waals surface area (Å²) in [5.74, 6) is 2.24. The van der Waals surface area contributed by atoms with Gasteiger partial charge >= 0.3 is 0 Å².